The van der Waals surface area contributed by atoms with Crippen LogP contribution in [0.1, 0.15) is 47.0 Å². The minimum Gasteiger partial charge on any atom is -0.469 e. The maximum atomic E-state index is 12.4. The van der Waals surface area contributed by atoms with E-state index < -0.39 is 0 Å². The number of amides is 1. The Morgan fingerprint density at radius 2 is 1.91 bits per heavy atom. The van der Waals surface area contributed by atoms with Gasteiger partial charge >= 0.3 is 0 Å². The number of hydrogen-bond donors (Lipinski definition) is 1. The molecular formula is C19H24N2O2. The highest BCUT2D eigenvalue weighted by molar-refractivity contribution is 5.95. The SMILES string of the molecule is Cc1occc1C(=O)NC[C@@H](c1ccccc1)N1CCCCC1. The van der Waals surface area contributed by atoms with Crippen molar-refractivity contribution in [1.82, 2.24) is 10.2 Å². The number of benzene rings is 1. The van der Waals surface area contributed by atoms with E-state index in [2.05, 4.69) is 34.5 Å². The molecule has 1 aliphatic heterocycles. The molecule has 2 heterocycles. The molecule has 1 aliphatic rings. The van der Waals surface area contributed by atoms with Crippen LogP contribution in [0.15, 0.2) is 47.1 Å². The van der Waals surface area contributed by atoms with Gasteiger partial charge in [0, 0.05) is 6.54 Å². The first-order valence-corrected chi connectivity index (χ1v) is 8.37. The van der Waals surface area contributed by atoms with Crippen LogP contribution in [0.5, 0.6) is 0 Å². The molecule has 4 nitrogen and oxygen atoms in total. The summed E-state index contributed by atoms with van der Waals surface area (Å²) in [6, 6.07) is 12.4. The van der Waals surface area contributed by atoms with E-state index in [4.69, 9.17) is 4.42 Å². The lowest BCUT2D eigenvalue weighted by atomic mass is 10.0. The molecule has 1 N–H and O–H groups in total. The molecular weight excluding hydrogens is 288 g/mol. The molecule has 1 saturated heterocycles. The number of nitrogens with zero attached hydrogens (tertiary/aromatic N) is 1. The van der Waals surface area contributed by atoms with Gasteiger partial charge in [-0.3, -0.25) is 9.69 Å². The maximum absolute atomic E-state index is 12.4. The summed E-state index contributed by atoms with van der Waals surface area (Å²) in [5, 5.41) is 3.08. The minimum absolute atomic E-state index is 0.0609. The van der Waals surface area contributed by atoms with Crippen LogP contribution < -0.4 is 5.32 Å². The fourth-order valence-corrected chi connectivity index (χ4v) is 3.27. The van der Waals surface area contributed by atoms with Gasteiger partial charge in [-0.15, -0.1) is 0 Å². The van der Waals surface area contributed by atoms with Crippen molar-refractivity contribution < 1.29 is 9.21 Å². The third-order valence-corrected chi connectivity index (χ3v) is 4.58. The van der Waals surface area contributed by atoms with E-state index in [1.54, 1.807) is 12.3 Å². The van der Waals surface area contributed by atoms with E-state index in [9.17, 15) is 4.79 Å². The second-order valence-electron chi connectivity index (χ2n) is 6.12. The number of rotatable bonds is 5. The monoisotopic (exact) mass is 312 g/mol. The quantitative estimate of drug-likeness (QED) is 0.918. The molecule has 1 amide bonds. The van der Waals surface area contributed by atoms with Crippen LogP contribution in [-0.2, 0) is 0 Å². The van der Waals surface area contributed by atoms with Gasteiger partial charge in [-0.05, 0) is 44.5 Å². The van der Waals surface area contributed by atoms with E-state index in [0.29, 0.717) is 17.9 Å². The van der Waals surface area contributed by atoms with Gasteiger partial charge in [0.2, 0.25) is 0 Å². The Morgan fingerprint density at radius 1 is 1.17 bits per heavy atom. The van der Waals surface area contributed by atoms with Crippen LogP contribution >= 0.6 is 0 Å². The zero-order valence-corrected chi connectivity index (χ0v) is 13.6. The second kappa shape index (κ2) is 7.47. The minimum atomic E-state index is -0.0609. The van der Waals surface area contributed by atoms with Crippen molar-refractivity contribution in [2.45, 2.75) is 32.2 Å². The Hall–Kier alpha value is -2.07. The third-order valence-electron chi connectivity index (χ3n) is 4.58. The highest BCUT2D eigenvalue weighted by Crippen LogP contribution is 2.24. The molecule has 3 rings (SSSR count). The zero-order valence-electron chi connectivity index (χ0n) is 13.6. The zero-order chi connectivity index (χ0) is 16.1. The van der Waals surface area contributed by atoms with E-state index >= 15 is 0 Å². The third kappa shape index (κ3) is 3.82. The molecule has 0 aliphatic carbocycles. The van der Waals surface area contributed by atoms with Crippen LogP contribution in [0, 0.1) is 6.92 Å². The number of nitrogens with one attached hydrogen (secondary N) is 1. The van der Waals surface area contributed by atoms with Crippen molar-refractivity contribution in [3.63, 3.8) is 0 Å². The molecule has 1 aromatic heterocycles. The van der Waals surface area contributed by atoms with E-state index in [0.717, 1.165) is 13.1 Å². The van der Waals surface area contributed by atoms with E-state index in [-0.39, 0.29) is 11.9 Å². The average molecular weight is 312 g/mol. The first-order chi connectivity index (χ1) is 11.3. The number of hydrogen-bond acceptors (Lipinski definition) is 3. The second-order valence-corrected chi connectivity index (χ2v) is 6.12. The molecule has 0 bridgehead atoms. The smallest absolute Gasteiger partial charge is 0.254 e. The first-order valence-electron chi connectivity index (χ1n) is 8.37. The summed E-state index contributed by atoms with van der Waals surface area (Å²) >= 11 is 0. The van der Waals surface area contributed by atoms with E-state index in [1.165, 1.54) is 24.8 Å². The Kier molecular flexibility index (Phi) is 5.13. The van der Waals surface area contributed by atoms with Crippen LogP contribution in [-0.4, -0.2) is 30.4 Å². The molecule has 2 aromatic rings. The maximum Gasteiger partial charge on any atom is 0.254 e. The Balaban J connectivity index is 1.71. The Bertz CT molecular complexity index is 630. The van der Waals surface area contributed by atoms with Crippen LogP contribution in [0.2, 0.25) is 0 Å². The Morgan fingerprint density at radius 3 is 2.57 bits per heavy atom. The number of likely N-dealkylation sites (tertiary alicyclic amines) is 1. The lowest BCUT2D eigenvalue weighted by molar-refractivity contribution is 0.0923. The summed E-state index contributed by atoms with van der Waals surface area (Å²) in [4.78, 5) is 14.8. The summed E-state index contributed by atoms with van der Waals surface area (Å²) in [6.45, 7) is 4.63. The van der Waals surface area contributed by atoms with Gasteiger partial charge in [0.05, 0.1) is 17.9 Å². The van der Waals surface area contributed by atoms with Gasteiger partial charge in [0.25, 0.3) is 5.91 Å². The average Bonchev–Trinajstić information content (AvgIpc) is 3.03. The predicted molar refractivity (Wildman–Crippen MR) is 90.4 cm³/mol. The van der Waals surface area contributed by atoms with Gasteiger partial charge < -0.3 is 9.73 Å². The number of furan rings is 1. The molecule has 23 heavy (non-hydrogen) atoms. The van der Waals surface area contributed by atoms with Crippen LogP contribution in [0.4, 0.5) is 0 Å². The van der Waals surface area contributed by atoms with Gasteiger partial charge in [-0.25, -0.2) is 0 Å². The fourth-order valence-electron chi connectivity index (χ4n) is 3.27. The summed E-state index contributed by atoms with van der Waals surface area (Å²) < 4.78 is 5.22. The molecule has 0 spiro atoms. The normalized spacial score (nSPS) is 16.9. The standard InChI is InChI=1S/C19H24N2O2/c1-15-17(10-13-23-15)19(22)20-14-18(16-8-4-2-5-9-16)21-11-6-3-7-12-21/h2,4-5,8-10,13,18H,3,6-7,11-12,14H2,1H3,(H,20,22)/t18-/m0/s1. The summed E-state index contributed by atoms with van der Waals surface area (Å²) in [6.07, 6.45) is 5.33. The molecule has 1 aromatic carbocycles. The van der Waals surface area contributed by atoms with Crippen molar-refractivity contribution in [2.75, 3.05) is 19.6 Å². The molecule has 0 saturated carbocycles. The van der Waals surface area contributed by atoms with Gasteiger partial charge in [-0.1, -0.05) is 36.8 Å². The number of piperidine rings is 1. The topological polar surface area (TPSA) is 45.5 Å². The van der Waals surface area contributed by atoms with E-state index in [1.807, 2.05) is 13.0 Å². The highest BCUT2D eigenvalue weighted by atomic mass is 16.3. The number of carbonyl (C=O) groups is 1. The summed E-state index contributed by atoms with van der Waals surface area (Å²) in [5.41, 5.74) is 1.88. The summed E-state index contributed by atoms with van der Waals surface area (Å²) in [7, 11) is 0. The van der Waals surface area contributed by atoms with Gasteiger partial charge in [0.15, 0.2) is 0 Å². The number of carbonyl (C=O) groups excluding carboxylic acids is 1. The van der Waals surface area contributed by atoms with Crippen molar-refractivity contribution in [1.29, 1.82) is 0 Å². The first kappa shape index (κ1) is 15.8. The molecule has 1 atom stereocenters. The van der Waals surface area contributed by atoms with Crippen molar-refractivity contribution in [2.24, 2.45) is 0 Å². The predicted octanol–water partition coefficient (Wildman–Crippen LogP) is 3.55. The molecule has 1 fully saturated rings. The van der Waals surface area contributed by atoms with Crippen molar-refractivity contribution >= 4 is 5.91 Å². The fraction of sp³-hybridized carbons (Fsp3) is 0.421. The Labute approximate surface area is 137 Å². The molecule has 4 heteroatoms. The number of aryl methyl sites for hydroxylation is 1. The largest absolute Gasteiger partial charge is 0.469 e. The van der Waals surface area contributed by atoms with Crippen LogP contribution in [0.3, 0.4) is 0 Å². The highest BCUT2D eigenvalue weighted by Gasteiger charge is 2.23. The van der Waals surface area contributed by atoms with Crippen molar-refractivity contribution in [3.8, 4) is 0 Å². The molecule has 0 unspecified atom stereocenters. The molecule has 122 valence electrons. The van der Waals surface area contributed by atoms with Crippen LogP contribution in [0.25, 0.3) is 0 Å². The lowest BCUT2D eigenvalue weighted by Gasteiger charge is -2.35. The van der Waals surface area contributed by atoms with Gasteiger partial charge in [-0.2, -0.15) is 0 Å². The molecule has 0 radical (unpaired) electrons. The van der Waals surface area contributed by atoms with Crippen molar-refractivity contribution in [3.05, 3.63) is 59.5 Å². The summed E-state index contributed by atoms with van der Waals surface area (Å²) in [5.74, 6) is 0.603. The van der Waals surface area contributed by atoms with Gasteiger partial charge in [0.1, 0.15) is 5.76 Å². The lowest BCUT2D eigenvalue weighted by Crippen LogP contribution is -2.40.